The molecule has 76 valence electrons. The van der Waals surface area contributed by atoms with Gasteiger partial charge in [-0.1, -0.05) is 0 Å². The van der Waals surface area contributed by atoms with Crippen molar-refractivity contribution in [1.82, 2.24) is 4.98 Å². The summed E-state index contributed by atoms with van der Waals surface area (Å²) < 4.78 is 12.6. The largest absolute Gasteiger partial charge is 0.391 e. The number of rotatable bonds is 4. The summed E-state index contributed by atoms with van der Waals surface area (Å²) in [5.74, 6) is -0.0647. The molecular formula is C10H13FN2O. The minimum Gasteiger partial charge on any atom is -0.391 e. The van der Waals surface area contributed by atoms with E-state index in [0.29, 0.717) is 18.2 Å². The summed E-state index contributed by atoms with van der Waals surface area (Å²) in [6.07, 6.45) is 3.30. The molecule has 4 heteroatoms. The molecule has 1 heterocycles. The van der Waals surface area contributed by atoms with E-state index < -0.39 is 5.95 Å². The van der Waals surface area contributed by atoms with Gasteiger partial charge in [-0.15, -0.1) is 0 Å². The first-order valence-electron chi connectivity index (χ1n) is 4.79. The van der Waals surface area contributed by atoms with Gasteiger partial charge in [0.25, 0.3) is 0 Å². The van der Waals surface area contributed by atoms with Crippen LogP contribution in [0.3, 0.4) is 0 Å². The van der Waals surface area contributed by atoms with Gasteiger partial charge in [0.05, 0.1) is 6.10 Å². The quantitative estimate of drug-likeness (QED) is 0.715. The topological polar surface area (TPSA) is 45.1 Å². The van der Waals surface area contributed by atoms with Crippen LogP contribution in [0.15, 0.2) is 18.3 Å². The SMILES string of the molecule is OC(CNc1ccnc(F)c1)C1CC1. The van der Waals surface area contributed by atoms with E-state index in [2.05, 4.69) is 10.3 Å². The van der Waals surface area contributed by atoms with Crippen LogP contribution in [0.1, 0.15) is 12.8 Å². The van der Waals surface area contributed by atoms with Gasteiger partial charge >= 0.3 is 0 Å². The molecule has 14 heavy (non-hydrogen) atoms. The number of hydrogen-bond donors (Lipinski definition) is 2. The number of aromatic nitrogens is 1. The lowest BCUT2D eigenvalue weighted by atomic mass is 10.2. The van der Waals surface area contributed by atoms with Crippen LogP contribution in [0.5, 0.6) is 0 Å². The lowest BCUT2D eigenvalue weighted by Crippen LogP contribution is -2.21. The van der Waals surface area contributed by atoms with Crippen LogP contribution in [-0.4, -0.2) is 22.7 Å². The molecule has 3 nitrogen and oxygen atoms in total. The van der Waals surface area contributed by atoms with Gasteiger partial charge in [-0.05, 0) is 24.8 Å². The van der Waals surface area contributed by atoms with Crippen molar-refractivity contribution in [2.45, 2.75) is 18.9 Å². The van der Waals surface area contributed by atoms with Gasteiger partial charge in [0, 0.05) is 24.5 Å². The van der Waals surface area contributed by atoms with Crippen LogP contribution in [0.25, 0.3) is 0 Å². The molecule has 1 aliphatic carbocycles. The summed E-state index contributed by atoms with van der Waals surface area (Å²) in [7, 11) is 0. The molecule has 0 saturated heterocycles. The fourth-order valence-corrected chi connectivity index (χ4v) is 1.38. The van der Waals surface area contributed by atoms with Crippen LogP contribution in [-0.2, 0) is 0 Å². The van der Waals surface area contributed by atoms with Gasteiger partial charge in [0.2, 0.25) is 5.95 Å². The number of halogens is 1. The molecule has 1 aromatic heterocycles. The minimum absolute atomic E-state index is 0.314. The maximum atomic E-state index is 12.6. The second-order valence-corrected chi connectivity index (χ2v) is 3.65. The van der Waals surface area contributed by atoms with Crippen LogP contribution in [0.4, 0.5) is 10.1 Å². The van der Waals surface area contributed by atoms with Crippen LogP contribution >= 0.6 is 0 Å². The second kappa shape index (κ2) is 3.92. The number of anilines is 1. The standard InChI is InChI=1S/C10H13FN2O/c11-10-5-8(3-4-12-10)13-6-9(14)7-1-2-7/h3-5,7,9,14H,1-2,6H2,(H,12,13). The molecule has 1 fully saturated rings. The summed E-state index contributed by atoms with van der Waals surface area (Å²) in [5.41, 5.74) is 0.664. The Bertz CT molecular complexity index is 315. The third-order valence-electron chi connectivity index (χ3n) is 2.41. The van der Waals surface area contributed by atoms with Gasteiger partial charge in [0.15, 0.2) is 0 Å². The van der Waals surface area contributed by atoms with Gasteiger partial charge < -0.3 is 10.4 Å². The monoisotopic (exact) mass is 196 g/mol. The van der Waals surface area contributed by atoms with E-state index >= 15 is 0 Å². The number of aliphatic hydroxyl groups is 1. The van der Waals surface area contributed by atoms with Gasteiger partial charge in [-0.3, -0.25) is 0 Å². The van der Waals surface area contributed by atoms with Crippen LogP contribution in [0, 0.1) is 11.9 Å². The average molecular weight is 196 g/mol. The third kappa shape index (κ3) is 2.42. The number of pyridine rings is 1. The maximum absolute atomic E-state index is 12.6. The van der Waals surface area contributed by atoms with E-state index in [-0.39, 0.29) is 6.10 Å². The molecule has 0 bridgehead atoms. The van der Waals surface area contributed by atoms with Crippen molar-refractivity contribution in [3.63, 3.8) is 0 Å². The second-order valence-electron chi connectivity index (χ2n) is 3.65. The predicted octanol–water partition coefficient (Wildman–Crippen LogP) is 1.40. The lowest BCUT2D eigenvalue weighted by molar-refractivity contribution is 0.164. The van der Waals surface area contributed by atoms with Crippen molar-refractivity contribution in [1.29, 1.82) is 0 Å². The average Bonchev–Trinajstić information content (AvgIpc) is 2.97. The Kier molecular flexibility index (Phi) is 2.63. The number of nitrogens with zero attached hydrogens (tertiary/aromatic N) is 1. The summed E-state index contributed by atoms with van der Waals surface area (Å²) >= 11 is 0. The minimum atomic E-state index is -0.504. The Labute approximate surface area is 82.0 Å². The van der Waals surface area contributed by atoms with Gasteiger partial charge in [0.1, 0.15) is 0 Å². The number of aliphatic hydroxyl groups excluding tert-OH is 1. The first kappa shape index (κ1) is 9.40. The Morgan fingerprint density at radius 2 is 2.43 bits per heavy atom. The van der Waals surface area contributed by atoms with E-state index in [1.165, 1.54) is 12.3 Å². The van der Waals surface area contributed by atoms with E-state index in [4.69, 9.17) is 0 Å². The third-order valence-corrected chi connectivity index (χ3v) is 2.41. The van der Waals surface area contributed by atoms with Crippen LogP contribution < -0.4 is 5.32 Å². The van der Waals surface area contributed by atoms with Crippen molar-refractivity contribution in [2.24, 2.45) is 5.92 Å². The molecule has 0 spiro atoms. The van der Waals surface area contributed by atoms with Gasteiger partial charge in [-0.25, -0.2) is 4.98 Å². The molecule has 1 unspecified atom stereocenters. The fraction of sp³-hybridized carbons (Fsp3) is 0.500. The molecule has 0 aromatic carbocycles. The van der Waals surface area contributed by atoms with E-state index in [9.17, 15) is 9.50 Å². The zero-order valence-electron chi connectivity index (χ0n) is 7.78. The van der Waals surface area contributed by atoms with E-state index in [0.717, 1.165) is 12.8 Å². The highest BCUT2D eigenvalue weighted by Crippen LogP contribution is 2.32. The summed E-state index contributed by atoms with van der Waals surface area (Å²) in [6.45, 7) is 0.480. The zero-order valence-corrected chi connectivity index (χ0v) is 7.78. The Balaban J connectivity index is 1.84. The molecule has 1 aliphatic rings. The predicted molar refractivity (Wildman–Crippen MR) is 51.4 cm³/mol. The first-order chi connectivity index (χ1) is 6.75. The normalized spacial score (nSPS) is 17.9. The van der Waals surface area contributed by atoms with Gasteiger partial charge in [-0.2, -0.15) is 4.39 Å². The van der Waals surface area contributed by atoms with E-state index in [1.807, 2.05) is 0 Å². The number of hydrogen-bond acceptors (Lipinski definition) is 3. The van der Waals surface area contributed by atoms with E-state index in [1.54, 1.807) is 6.07 Å². The maximum Gasteiger partial charge on any atom is 0.214 e. The molecule has 1 saturated carbocycles. The summed E-state index contributed by atoms with van der Waals surface area (Å²) in [5, 5.41) is 12.5. The molecule has 0 aliphatic heterocycles. The van der Waals surface area contributed by atoms with Crippen molar-refractivity contribution >= 4 is 5.69 Å². The van der Waals surface area contributed by atoms with Crippen molar-refractivity contribution in [2.75, 3.05) is 11.9 Å². The molecular weight excluding hydrogens is 183 g/mol. The highest BCUT2D eigenvalue weighted by atomic mass is 19.1. The Morgan fingerprint density at radius 3 is 3.07 bits per heavy atom. The summed E-state index contributed by atoms with van der Waals surface area (Å²) in [4.78, 5) is 3.45. The zero-order chi connectivity index (χ0) is 9.97. The van der Waals surface area contributed by atoms with Crippen molar-refractivity contribution in [3.05, 3.63) is 24.3 Å². The molecule has 0 radical (unpaired) electrons. The highest BCUT2D eigenvalue weighted by molar-refractivity contribution is 5.41. The molecule has 2 rings (SSSR count). The fourth-order valence-electron chi connectivity index (χ4n) is 1.38. The van der Waals surface area contributed by atoms with Crippen molar-refractivity contribution < 1.29 is 9.50 Å². The Morgan fingerprint density at radius 1 is 1.64 bits per heavy atom. The molecule has 1 aromatic rings. The molecule has 1 atom stereocenters. The smallest absolute Gasteiger partial charge is 0.214 e. The van der Waals surface area contributed by atoms with Crippen molar-refractivity contribution in [3.8, 4) is 0 Å². The summed E-state index contributed by atoms with van der Waals surface area (Å²) in [6, 6.07) is 3.00. The number of nitrogens with one attached hydrogen (secondary N) is 1. The van der Waals surface area contributed by atoms with Crippen LogP contribution in [0.2, 0.25) is 0 Å². The molecule has 2 N–H and O–H groups in total. The Hall–Kier alpha value is -1.16. The highest BCUT2D eigenvalue weighted by Gasteiger charge is 2.29. The first-order valence-corrected chi connectivity index (χ1v) is 4.79. The molecule has 0 amide bonds. The lowest BCUT2D eigenvalue weighted by Gasteiger charge is -2.11.